The first kappa shape index (κ1) is 20.8. The van der Waals surface area contributed by atoms with Gasteiger partial charge in [-0.3, -0.25) is 0 Å². The summed E-state index contributed by atoms with van der Waals surface area (Å²) in [6.45, 7) is 0. The Labute approximate surface area is 197 Å². The Morgan fingerprint density at radius 2 is 1.23 bits per heavy atom. The average Bonchev–Trinajstić information content (AvgIpc) is 3.20. The van der Waals surface area contributed by atoms with Crippen molar-refractivity contribution in [2.24, 2.45) is 0 Å². The van der Waals surface area contributed by atoms with Crippen molar-refractivity contribution in [3.63, 3.8) is 0 Å². The second kappa shape index (κ2) is 8.79. The van der Waals surface area contributed by atoms with Gasteiger partial charge in [-0.15, -0.1) is 0 Å². The summed E-state index contributed by atoms with van der Waals surface area (Å²) < 4.78 is 15.0. The minimum atomic E-state index is -0.944. The van der Waals surface area contributed by atoms with Crippen LogP contribution in [0.3, 0.4) is 0 Å². The number of hydrogen-bond acceptors (Lipinski definition) is 3. The van der Waals surface area contributed by atoms with Crippen molar-refractivity contribution in [3.8, 4) is 11.1 Å². The molecule has 1 aliphatic heterocycles. The molecule has 0 radical (unpaired) electrons. The van der Waals surface area contributed by atoms with E-state index in [0.29, 0.717) is 0 Å². The van der Waals surface area contributed by atoms with Crippen molar-refractivity contribution in [3.05, 3.63) is 115 Å². The van der Waals surface area contributed by atoms with E-state index in [9.17, 15) is 0 Å². The number of fused-ring (bicyclic) bond motifs is 3. The van der Waals surface area contributed by atoms with E-state index >= 15 is 0 Å². The Hall–Kier alpha value is -2.12. The molecule has 0 aliphatic carbocycles. The van der Waals surface area contributed by atoms with Gasteiger partial charge in [0.05, 0.1) is 0 Å². The first-order chi connectivity index (χ1) is 15.2. The fourth-order valence-corrected chi connectivity index (χ4v) is 7.69. The SMILES string of the molecule is COC(OC)(c1ccc(Sc2ccccc2)cc1)c1ccc2c(c1)-c1ccccc1[I-]2. The number of benzene rings is 4. The summed E-state index contributed by atoms with van der Waals surface area (Å²) in [4.78, 5) is 2.41. The van der Waals surface area contributed by atoms with Crippen molar-refractivity contribution in [2.45, 2.75) is 15.6 Å². The van der Waals surface area contributed by atoms with Gasteiger partial charge >= 0.3 is 180 Å². The fourth-order valence-electron chi connectivity index (χ4n) is 3.98. The fraction of sp³-hybridized carbons (Fsp3) is 0.111. The van der Waals surface area contributed by atoms with E-state index < -0.39 is 5.79 Å². The van der Waals surface area contributed by atoms with E-state index in [2.05, 4.69) is 91.0 Å². The van der Waals surface area contributed by atoms with E-state index in [1.165, 1.54) is 28.1 Å². The van der Waals surface area contributed by atoms with Crippen molar-refractivity contribution < 1.29 is 30.7 Å². The quantitative estimate of drug-likeness (QED) is 0.244. The molecule has 4 aromatic carbocycles. The molecule has 31 heavy (non-hydrogen) atoms. The van der Waals surface area contributed by atoms with Gasteiger partial charge in [-0.1, -0.05) is 18.2 Å². The molecule has 0 spiro atoms. The van der Waals surface area contributed by atoms with Gasteiger partial charge in [-0.05, 0) is 0 Å². The van der Waals surface area contributed by atoms with E-state index in [0.717, 1.165) is 11.1 Å². The molecule has 0 bridgehead atoms. The molecule has 0 N–H and O–H groups in total. The van der Waals surface area contributed by atoms with Crippen LogP contribution in [0.1, 0.15) is 11.1 Å². The minimum absolute atomic E-state index is 0.125. The number of hydrogen-bond donors (Lipinski definition) is 0. The average molecular weight is 537 g/mol. The van der Waals surface area contributed by atoms with Crippen LogP contribution in [0.4, 0.5) is 0 Å². The summed E-state index contributed by atoms with van der Waals surface area (Å²) >= 11 is 1.62. The van der Waals surface area contributed by atoms with Gasteiger partial charge in [0.1, 0.15) is 0 Å². The molecule has 4 aromatic rings. The Morgan fingerprint density at radius 1 is 0.613 bits per heavy atom. The molecule has 1 aliphatic rings. The van der Waals surface area contributed by atoms with Crippen LogP contribution >= 0.6 is 11.8 Å². The topological polar surface area (TPSA) is 18.5 Å². The van der Waals surface area contributed by atoms with Crippen molar-refractivity contribution >= 4 is 11.8 Å². The second-order valence-electron chi connectivity index (χ2n) is 7.23. The van der Waals surface area contributed by atoms with Crippen LogP contribution in [-0.2, 0) is 15.3 Å². The predicted molar refractivity (Wildman–Crippen MR) is 121 cm³/mol. The summed E-state index contributed by atoms with van der Waals surface area (Å²) in [5.41, 5.74) is 4.66. The van der Waals surface area contributed by atoms with Crippen LogP contribution < -0.4 is 21.2 Å². The van der Waals surface area contributed by atoms with Crippen molar-refractivity contribution in [2.75, 3.05) is 14.2 Å². The third-order valence-corrected chi connectivity index (χ3v) is 9.56. The maximum atomic E-state index is 6.05. The van der Waals surface area contributed by atoms with Gasteiger partial charge in [-0.25, -0.2) is 0 Å². The van der Waals surface area contributed by atoms with Gasteiger partial charge in [0.2, 0.25) is 0 Å². The van der Waals surface area contributed by atoms with Crippen LogP contribution in [0.5, 0.6) is 0 Å². The predicted octanol–water partition coefficient (Wildman–Crippen LogP) is 3.44. The number of methoxy groups -OCH3 is 2. The number of rotatable bonds is 6. The number of halogens is 1. The van der Waals surface area contributed by atoms with E-state index in [-0.39, 0.29) is 21.2 Å². The first-order valence-electron chi connectivity index (χ1n) is 10.1. The van der Waals surface area contributed by atoms with Crippen molar-refractivity contribution in [1.82, 2.24) is 0 Å². The van der Waals surface area contributed by atoms with Crippen LogP contribution in [0.25, 0.3) is 11.1 Å². The van der Waals surface area contributed by atoms with E-state index in [1.54, 1.807) is 26.0 Å². The summed E-state index contributed by atoms with van der Waals surface area (Å²) in [6, 6.07) is 34.3. The van der Waals surface area contributed by atoms with E-state index in [1.807, 2.05) is 6.07 Å². The van der Waals surface area contributed by atoms with Crippen LogP contribution in [0.2, 0.25) is 0 Å². The number of ether oxygens (including phenoxy) is 2. The Kier molecular flexibility index (Phi) is 5.89. The molecular formula is C27H22IO2S-. The Morgan fingerprint density at radius 3 is 1.97 bits per heavy atom. The molecule has 1 heterocycles. The zero-order chi connectivity index (χ0) is 21.3. The zero-order valence-corrected chi connectivity index (χ0v) is 20.3. The monoisotopic (exact) mass is 537 g/mol. The Balaban J connectivity index is 1.51. The van der Waals surface area contributed by atoms with Crippen LogP contribution in [0.15, 0.2) is 107 Å². The van der Waals surface area contributed by atoms with Gasteiger partial charge in [0.25, 0.3) is 0 Å². The summed E-state index contributed by atoms with van der Waals surface area (Å²) in [5.74, 6) is -0.944. The Bertz CT molecular complexity index is 1200. The summed E-state index contributed by atoms with van der Waals surface area (Å²) in [5, 5.41) is 0. The second-order valence-corrected chi connectivity index (χ2v) is 11.2. The standard InChI is InChI=1S/C27H22IO2S/c1-29-27(30-2,19-12-15-22(16-13-19)31-21-8-4-3-5-9-21)20-14-17-26-24(18-20)23-10-6-7-11-25(23)28-26/h3-18H,1-2H3/q-1. The van der Waals surface area contributed by atoms with Gasteiger partial charge in [-0.2, -0.15) is 0 Å². The molecule has 0 atom stereocenters. The molecule has 0 saturated carbocycles. The van der Waals surface area contributed by atoms with Gasteiger partial charge in [0.15, 0.2) is 0 Å². The molecule has 0 fully saturated rings. The third-order valence-electron chi connectivity index (χ3n) is 5.50. The molecule has 2 nitrogen and oxygen atoms in total. The van der Waals surface area contributed by atoms with E-state index in [4.69, 9.17) is 9.47 Å². The van der Waals surface area contributed by atoms with Crippen LogP contribution in [-0.4, -0.2) is 14.2 Å². The molecule has 156 valence electrons. The molecule has 0 saturated heterocycles. The third kappa shape index (κ3) is 3.82. The molecule has 0 aromatic heterocycles. The first-order valence-corrected chi connectivity index (χ1v) is 13.0. The maximum absolute atomic E-state index is 6.05. The summed E-state index contributed by atoms with van der Waals surface area (Å²) in [6.07, 6.45) is 0. The molecule has 0 unspecified atom stereocenters. The van der Waals surface area contributed by atoms with Crippen LogP contribution in [0, 0.1) is 7.14 Å². The summed E-state index contributed by atoms with van der Waals surface area (Å²) in [7, 11) is 3.43. The molecule has 4 heteroatoms. The normalized spacial score (nSPS) is 12.7. The molecule has 5 rings (SSSR count). The molecule has 0 amide bonds. The molecular weight excluding hydrogens is 515 g/mol. The van der Waals surface area contributed by atoms with Gasteiger partial charge in [0, 0.05) is 0 Å². The zero-order valence-electron chi connectivity index (χ0n) is 17.3. The van der Waals surface area contributed by atoms with Crippen molar-refractivity contribution in [1.29, 1.82) is 0 Å². The van der Waals surface area contributed by atoms with Gasteiger partial charge < -0.3 is 0 Å².